The van der Waals surface area contributed by atoms with E-state index in [9.17, 15) is 15.0 Å². The van der Waals surface area contributed by atoms with Gasteiger partial charge in [0.2, 0.25) is 5.91 Å². The number of hydrogen-bond donors (Lipinski definition) is 2. The Morgan fingerprint density at radius 3 is 2.22 bits per heavy atom. The molecule has 0 bridgehead atoms. The summed E-state index contributed by atoms with van der Waals surface area (Å²) in [5.41, 5.74) is 2.14. The van der Waals surface area contributed by atoms with Crippen LogP contribution in [0.3, 0.4) is 0 Å². The molecule has 1 aliphatic heterocycles. The SMILES string of the molecule is CCCCN(C)C(=O)CCCCCCCCCCC1c2ccc(O)cc2OC[C@]1(C)c1ccc(O)cc1. The van der Waals surface area contributed by atoms with E-state index < -0.39 is 0 Å². The lowest BCUT2D eigenvalue weighted by Crippen LogP contribution is -2.40. The van der Waals surface area contributed by atoms with E-state index in [2.05, 4.69) is 13.8 Å². The van der Waals surface area contributed by atoms with Crippen molar-refractivity contribution in [2.75, 3.05) is 20.2 Å². The van der Waals surface area contributed by atoms with E-state index in [4.69, 9.17) is 4.74 Å². The fraction of sp³-hybridized carbons (Fsp3) is 0.594. The van der Waals surface area contributed by atoms with Crippen LogP contribution in [-0.4, -0.2) is 41.2 Å². The summed E-state index contributed by atoms with van der Waals surface area (Å²) >= 11 is 0. The highest BCUT2D eigenvalue weighted by molar-refractivity contribution is 5.75. The molecule has 0 saturated carbocycles. The van der Waals surface area contributed by atoms with Gasteiger partial charge in [-0.3, -0.25) is 4.79 Å². The van der Waals surface area contributed by atoms with Crippen molar-refractivity contribution >= 4 is 5.91 Å². The molecule has 1 aliphatic rings. The third-order valence-electron chi connectivity index (χ3n) is 8.10. The van der Waals surface area contributed by atoms with Crippen LogP contribution in [0.5, 0.6) is 17.2 Å². The number of phenols is 2. The van der Waals surface area contributed by atoms with E-state index in [1.807, 2.05) is 30.1 Å². The molecule has 0 radical (unpaired) electrons. The Hall–Kier alpha value is -2.69. The van der Waals surface area contributed by atoms with E-state index in [1.165, 1.54) is 37.7 Å². The second-order valence-corrected chi connectivity index (χ2v) is 11.1. The normalized spacial score (nSPS) is 18.7. The predicted molar refractivity (Wildman–Crippen MR) is 151 cm³/mol. The average Bonchev–Trinajstić information content (AvgIpc) is 2.89. The minimum absolute atomic E-state index is 0.195. The zero-order valence-electron chi connectivity index (χ0n) is 23.2. The van der Waals surface area contributed by atoms with Crippen molar-refractivity contribution in [3.8, 4) is 17.2 Å². The maximum absolute atomic E-state index is 12.1. The van der Waals surface area contributed by atoms with E-state index in [1.54, 1.807) is 24.3 Å². The van der Waals surface area contributed by atoms with Crippen molar-refractivity contribution in [1.82, 2.24) is 4.90 Å². The molecule has 0 fully saturated rings. The van der Waals surface area contributed by atoms with Crippen LogP contribution in [-0.2, 0) is 10.2 Å². The smallest absolute Gasteiger partial charge is 0.222 e. The van der Waals surface area contributed by atoms with Gasteiger partial charge in [-0.15, -0.1) is 0 Å². The first-order valence-electron chi connectivity index (χ1n) is 14.3. The summed E-state index contributed by atoms with van der Waals surface area (Å²) in [4.78, 5) is 14.0. The maximum atomic E-state index is 12.1. The number of fused-ring (bicyclic) bond motifs is 1. The van der Waals surface area contributed by atoms with Gasteiger partial charge in [0.15, 0.2) is 0 Å². The summed E-state index contributed by atoms with van der Waals surface area (Å²) in [6, 6.07) is 13.0. The molecule has 2 N–H and O–H groups in total. The number of unbranched alkanes of at least 4 members (excludes halogenated alkanes) is 8. The Bertz CT molecular complexity index is 973. The summed E-state index contributed by atoms with van der Waals surface area (Å²) in [6.45, 7) is 5.84. The Labute approximate surface area is 223 Å². The molecular weight excluding hydrogens is 462 g/mol. The lowest BCUT2D eigenvalue weighted by molar-refractivity contribution is -0.130. The van der Waals surface area contributed by atoms with Crippen LogP contribution in [0.25, 0.3) is 0 Å². The minimum atomic E-state index is -0.195. The van der Waals surface area contributed by atoms with Crippen molar-refractivity contribution in [1.29, 1.82) is 0 Å². The number of phenolic OH excluding ortho intramolecular Hbond substituents is 2. The van der Waals surface area contributed by atoms with Gasteiger partial charge in [-0.25, -0.2) is 0 Å². The Morgan fingerprint density at radius 1 is 0.919 bits per heavy atom. The van der Waals surface area contributed by atoms with Crippen LogP contribution < -0.4 is 4.74 Å². The number of ether oxygens (including phenoxy) is 1. The molecule has 0 spiro atoms. The fourth-order valence-corrected chi connectivity index (χ4v) is 5.60. The first kappa shape index (κ1) is 28.9. The van der Waals surface area contributed by atoms with Crippen molar-refractivity contribution < 1.29 is 19.7 Å². The molecule has 0 aliphatic carbocycles. The molecule has 5 nitrogen and oxygen atoms in total. The Morgan fingerprint density at radius 2 is 1.54 bits per heavy atom. The average molecular weight is 510 g/mol. The molecule has 2 atom stereocenters. The molecule has 1 heterocycles. The molecular formula is C32H47NO4. The second-order valence-electron chi connectivity index (χ2n) is 11.1. The van der Waals surface area contributed by atoms with Crippen molar-refractivity contribution in [3.63, 3.8) is 0 Å². The predicted octanol–water partition coefficient (Wildman–Crippen LogP) is 7.69. The maximum Gasteiger partial charge on any atom is 0.222 e. The molecule has 1 amide bonds. The number of carbonyl (C=O) groups excluding carboxylic acids is 1. The van der Waals surface area contributed by atoms with Crippen LogP contribution >= 0.6 is 0 Å². The number of amides is 1. The van der Waals surface area contributed by atoms with Crippen LogP contribution in [0.2, 0.25) is 0 Å². The first-order valence-corrected chi connectivity index (χ1v) is 14.3. The van der Waals surface area contributed by atoms with Crippen LogP contribution in [0, 0.1) is 0 Å². The molecule has 37 heavy (non-hydrogen) atoms. The minimum Gasteiger partial charge on any atom is -0.508 e. The highest BCUT2D eigenvalue weighted by Gasteiger charge is 2.42. The highest BCUT2D eigenvalue weighted by atomic mass is 16.5. The van der Waals surface area contributed by atoms with Gasteiger partial charge in [-0.1, -0.05) is 83.4 Å². The monoisotopic (exact) mass is 509 g/mol. The Balaban J connectivity index is 1.42. The molecule has 0 saturated heterocycles. The van der Waals surface area contributed by atoms with Gasteiger partial charge < -0.3 is 19.8 Å². The van der Waals surface area contributed by atoms with E-state index >= 15 is 0 Å². The number of carbonyl (C=O) groups is 1. The summed E-state index contributed by atoms with van der Waals surface area (Å²) in [5, 5.41) is 19.7. The van der Waals surface area contributed by atoms with Crippen molar-refractivity contribution in [3.05, 3.63) is 53.6 Å². The molecule has 1 unspecified atom stereocenters. The molecule has 204 valence electrons. The number of hydrogen-bond acceptors (Lipinski definition) is 4. The first-order chi connectivity index (χ1) is 17.8. The van der Waals surface area contributed by atoms with Gasteiger partial charge in [-0.05, 0) is 48.6 Å². The zero-order chi connectivity index (χ0) is 26.7. The molecule has 0 aromatic heterocycles. The van der Waals surface area contributed by atoms with E-state index in [-0.39, 0.29) is 28.7 Å². The molecule has 5 heteroatoms. The number of benzene rings is 2. The van der Waals surface area contributed by atoms with Crippen LogP contribution in [0.15, 0.2) is 42.5 Å². The third-order valence-corrected chi connectivity index (χ3v) is 8.10. The number of aromatic hydroxyl groups is 2. The quantitative estimate of drug-likeness (QED) is 0.241. The number of nitrogens with zero attached hydrogens (tertiary/aromatic N) is 1. The highest BCUT2D eigenvalue weighted by Crippen LogP contribution is 2.49. The van der Waals surface area contributed by atoms with Gasteiger partial charge in [0.25, 0.3) is 0 Å². The van der Waals surface area contributed by atoms with Gasteiger partial charge in [0.1, 0.15) is 17.2 Å². The molecule has 2 aromatic carbocycles. The third kappa shape index (κ3) is 8.15. The van der Waals surface area contributed by atoms with E-state index in [0.29, 0.717) is 13.0 Å². The van der Waals surface area contributed by atoms with Crippen molar-refractivity contribution in [2.45, 2.75) is 102 Å². The van der Waals surface area contributed by atoms with E-state index in [0.717, 1.165) is 56.4 Å². The van der Waals surface area contributed by atoms with Crippen LogP contribution in [0.1, 0.15) is 108 Å². The van der Waals surface area contributed by atoms with Gasteiger partial charge in [-0.2, -0.15) is 0 Å². The second kappa shape index (κ2) is 14.3. The number of rotatable bonds is 15. The lowest BCUT2D eigenvalue weighted by atomic mass is 9.66. The topological polar surface area (TPSA) is 70.0 Å². The largest absolute Gasteiger partial charge is 0.508 e. The van der Waals surface area contributed by atoms with Gasteiger partial charge in [0, 0.05) is 37.4 Å². The Kier molecular flexibility index (Phi) is 11.2. The van der Waals surface area contributed by atoms with Crippen molar-refractivity contribution in [2.24, 2.45) is 0 Å². The zero-order valence-corrected chi connectivity index (χ0v) is 23.2. The van der Waals surface area contributed by atoms with Gasteiger partial charge >= 0.3 is 0 Å². The lowest BCUT2D eigenvalue weighted by Gasteiger charge is -2.43. The standard InChI is InChI=1S/C32H47NO4/c1-4-5-22-33(3)31(36)15-13-11-9-7-6-8-10-12-14-29-28-21-20-27(35)23-30(28)37-24-32(29,2)25-16-18-26(34)19-17-25/h16-21,23,29,34-35H,4-15,22,24H2,1-3H3/t29?,32-/m1/s1. The van der Waals surface area contributed by atoms with Crippen LogP contribution in [0.4, 0.5) is 0 Å². The fourth-order valence-electron chi connectivity index (χ4n) is 5.60. The summed E-state index contributed by atoms with van der Waals surface area (Å²) < 4.78 is 6.13. The van der Waals surface area contributed by atoms with Gasteiger partial charge in [0.05, 0.1) is 6.61 Å². The summed E-state index contributed by atoms with van der Waals surface area (Å²) in [6.07, 6.45) is 13.4. The summed E-state index contributed by atoms with van der Waals surface area (Å²) in [5.74, 6) is 1.87. The summed E-state index contributed by atoms with van der Waals surface area (Å²) in [7, 11) is 1.92. The molecule has 3 rings (SSSR count). The molecule has 2 aromatic rings.